The molecule has 0 fully saturated rings. The van der Waals surface area contributed by atoms with Crippen molar-refractivity contribution < 1.29 is 4.74 Å². The molecule has 0 saturated heterocycles. The second-order valence-corrected chi connectivity index (χ2v) is 3.59. The highest BCUT2D eigenvalue weighted by Gasteiger charge is 2.03. The smallest absolute Gasteiger partial charge is 0.0931 e. The van der Waals surface area contributed by atoms with Crippen LogP contribution in [0.5, 0.6) is 0 Å². The van der Waals surface area contributed by atoms with Gasteiger partial charge in [-0.05, 0) is 19.3 Å². The van der Waals surface area contributed by atoms with Gasteiger partial charge in [0.15, 0.2) is 0 Å². The van der Waals surface area contributed by atoms with Crippen molar-refractivity contribution in [2.45, 2.75) is 39.7 Å². The maximum atomic E-state index is 7.04. The molecule has 0 aromatic rings. The monoisotopic (exact) mass is 172 g/mol. The number of hydrogen-bond donors (Lipinski definition) is 2. The predicted octanol–water partition coefficient (Wildman–Crippen LogP) is 1.76. The molecule has 0 radical (unpaired) electrons. The van der Waals surface area contributed by atoms with E-state index in [0.717, 1.165) is 13.0 Å². The van der Waals surface area contributed by atoms with Gasteiger partial charge in [0.05, 0.1) is 11.9 Å². The van der Waals surface area contributed by atoms with Gasteiger partial charge in [-0.25, -0.2) is 0 Å². The molecule has 1 atom stereocenters. The van der Waals surface area contributed by atoms with E-state index in [2.05, 4.69) is 13.8 Å². The Balaban J connectivity index is 3.31. The van der Waals surface area contributed by atoms with Gasteiger partial charge in [0, 0.05) is 13.0 Å². The number of rotatable bonds is 6. The van der Waals surface area contributed by atoms with E-state index in [1.165, 1.54) is 0 Å². The summed E-state index contributed by atoms with van der Waals surface area (Å²) in [6.45, 7) is 7.05. The number of amidine groups is 1. The third kappa shape index (κ3) is 7.54. The third-order valence-corrected chi connectivity index (χ3v) is 1.60. The van der Waals surface area contributed by atoms with Crippen LogP contribution >= 0.6 is 0 Å². The zero-order valence-electron chi connectivity index (χ0n) is 8.26. The normalized spacial score (nSPS) is 13.3. The molecule has 0 aliphatic rings. The minimum atomic E-state index is 0.0845. The molecule has 0 saturated carbocycles. The molecule has 0 aromatic carbocycles. The maximum Gasteiger partial charge on any atom is 0.0931 e. The van der Waals surface area contributed by atoms with E-state index in [4.69, 9.17) is 15.9 Å². The van der Waals surface area contributed by atoms with Gasteiger partial charge < -0.3 is 10.5 Å². The Morgan fingerprint density at radius 2 is 2.00 bits per heavy atom. The van der Waals surface area contributed by atoms with Crippen LogP contribution in [0.25, 0.3) is 0 Å². The van der Waals surface area contributed by atoms with Gasteiger partial charge in [-0.1, -0.05) is 13.8 Å². The summed E-state index contributed by atoms with van der Waals surface area (Å²) in [4.78, 5) is 0. The van der Waals surface area contributed by atoms with Crippen LogP contribution in [0.3, 0.4) is 0 Å². The van der Waals surface area contributed by atoms with Crippen LogP contribution in [0, 0.1) is 11.3 Å². The first-order valence-corrected chi connectivity index (χ1v) is 4.47. The number of hydrogen-bond acceptors (Lipinski definition) is 2. The van der Waals surface area contributed by atoms with Crippen molar-refractivity contribution in [1.82, 2.24) is 0 Å². The van der Waals surface area contributed by atoms with Gasteiger partial charge >= 0.3 is 0 Å². The molecular formula is C9H20N2O. The largest absolute Gasteiger partial charge is 0.388 e. The van der Waals surface area contributed by atoms with Crippen LogP contribution in [0.4, 0.5) is 0 Å². The summed E-state index contributed by atoms with van der Waals surface area (Å²) < 4.78 is 5.44. The molecule has 72 valence electrons. The lowest BCUT2D eigenvalue weighted by atomic mass is 10.1. The topological polar surface area (TPSA) is 59.1 Å². The SMILES string of the molecule is CC(C)CCOC(C)CC(=N)N. The van der Waals surface area contributed by atoms with Gasteiger partial charge in [-0.2, -0.15) is 0 Å². The second-order valence-electron chi connectivity index (χ2n) is 3.59. The van der Waals surface area contributed by atoms with Gasteiger partial charge in [0.2, 0.25) is 0 Å². The summed E-state index contributed by atoms with van der Waals surface area (Å²) in [6, 6.07) is 0. The number of nitrogens with one attached hydrogen (secondary N) is 1. The number of ether oxygens (including phenoxy) is 1. The van der Waals surface area contributed by atoms with E-state index in [1.54, 1.807) is 0 Å². The van der Waals surface area contributed by atoms with Crippen molar-refractivity contribution in [1.29, 1.82) is 5.41 Å². The lowest BCUT2D eigenvalue weighted by Gasteiger charge is -2.12. The summed E-state index contributed by atoms with van der Waals surface area (Å²) in [5.41, 5.74) is 5.23. The van der Waals surface area contributed by atoms with E-state index >= 15 is 0 Å². The first-order chi connectivity index (χ1) is 5.52. The fraction of sp³-hybridized carbons (Fsp3) is 0.889. The van der Waals surface area contributed by atoms with Crippen molar-refractivity contribution in [3.05, 3.63) is 0 Å². The minimum absolute atomic E-state index is 0.0845. The molecule has 0 aromatic heterocycles. The first kappa shape index (κ1) is 11.4. The Bertz CT molecular complexity index is 134. The second kappa shape index (κ2) is 6.00. The van der Waals surface area contributed by atoms with Gasteiger partial charge in [0.25, 0.3) is 0 Å². The molecule has 12 heavy (non-hydrogen) atoms. The van der Waals surface area contributed by atoms with Crippen molar-refractivity contribution in [2.24, 2.45) is 11.7 Å². The molecule has 0 bridgehead atoms. The Labute approximate surface area is 74.8 Å². The van der Waals surface area contributed by atoms with E-state index < -0.39 is 0 Å². The average molecular weight is 172 g/mol. The quantitative estimate of drug-likeness (QED) is 0.474. The molecule has 3 N–H and O–H groups in total. The third-order valence-electron chi connectivity index (χ3n) is 1.60. The molecule has 0 heterocycles. The van der Waals surface area contributed by atoms with Crippen LogP contribution < -0.4 is 5.73 Å². The molecule has 0 aliphatic carbocycles. The lowest BCUT2D eigenvalue weighted by Crippen LogP contribution is -2.20. The highest BCUT2D eigenvalue weighted by Crippen LogP contribution is 2.03. The summed E-state index contributed by atoms with van der Waals surface area (Å²) in [5.74, 6) is 0.876. The summed E-state index contributed by atoms with van der Waals surface area (Å²) in [7, 11) is 0. The van der Waals surface area contributed by atoms with Gasteiger partial charge in [0.1, 0.15) is 0 Å². The van der Waals surface area contributed by atoms with E-state index in [-0.39, 0.29) is 11.9 Å². The standard InChI is InChI=1S/C9H20N2O/c1-7(2)4-5-12-8(3)6-9(10)11/h7-8H,4-6H2,1-3H3,(H3,10,11). The van der Waals surface area contributed by atoms with E-state index in [1.807, 2.05) is 6.92 Å². The molecule has 1 unspecified atom stereocenters. The van der Waals surface area contributed by atoms with Crippen LogP contribution in [0.15, 0.2) is 0 Å². The first-order valence-electron chi connectivity index (χ1n) is 4.47. The summed E-state index contributed by atoms with van der Waals surface area (Å²) in [5, 5.41) is 7.04. The summed E-state index contributed by atoms with van der Waals surface area (Å²) >= 11 is 0. The molecular weight excluding hydrogens is 152 g/mol. The van der Waals surface area contributed by atoms with Gasteiger partial charge in [-0.15, -0.1) is 0 Å². The molecule has 0 aliphatic heterocycles. The van der Waals surface area contributed by atoms with Crippen molar-refractivity contribution in [3.63, 3.8) is 0 Å². The Hall–Kier alpha value is -0.570. The Kier molecular flexibility index (Phi) is 5.72. The van der Waals surface area contributed by atoms with Crippen LogP contribution in [0.1, 0.15) is 33.6 Å². The fourth-order valence-corrected chi connectivity index (χ4v) is 0.874. The number of nitrogens with two attached hydrogens (primary N) is 1. The summed E-state index contributed by atoms with van der Waals surface area (Å²) in [6.07, 6.45) is 1.70. The van der Waals surface area contributed by atoms with Crippen molar-refractivity contribution >= 4 is 5.84 Å². The zero-order valence-corrected chi connectivity index (χ0v) is 8.26. The highest BCUT2D eigenvalue weighted by atomic mass is 16.5. The predicted molar refractivity (Wildman–Crippen MR) is 51.4 cm³/mol. The maximum absolute atomic E-state index is 7.04. The van der Waals surface area contributed by atoms with Crippen LogP contribution in [-0.2, 0) is 4.74 Å². The minimum Gasteiger partial charge on any atom is -0.388 e. The molecule has 3 nitrogen and oxygen atoms in total. The van der Waals surface area contributed by atoms with Crippen LogP contribution in [-0.4, -0.2) is 18.5 Å². The Morgan fingerprint density at radius 3 is 2.42 bits per heavy atom. The van der Waals surface area contributed by atoms with E-state index in [0.29, 0.717) is 12.3 Å². The van der Waals surface area contributed by atoms with Crippen molar-refractivity contribution in [2.75, 3.05) is 6.61 Å². The molecule has 3 heteroatoms. The highest BCUT2D eigenvalue weighted by molar-refractivity contribution is 5.77. The zero-order chi connectivity index (χ0) is 9.56. The van der Waals surface area contributed by atoms with E-state index in [9.17, 15) is 0 Å². The van der Waals surface area contributed by atoms with Gasteiger partial charge in [-0.3, -0.25) is 5.41 Å². The molecule has 0 rings (SSSR count). The van der Waals surface area contributed by atoms with Crippen molar-refractivity contribution in [3.8, 4) is 0 Å². The molecule has 0 spiro atoms. The Morgan fingerprint density at radius 1 is 1.42 bits per heavy atom. The molecule has 0 amide bonds. The fourth-order valence-electron chi connectivity index (χ4n) is 0.874. The average Bonchev–Trinajstić information content (AvgIpc) is 1.84. The lowest BCUT2D eigenvalue weighted by molar-refractivity contribution is 0.0633. The van der Waals surface area contributed by atoms with Crippen LogP contribution in [0.2, 0.25) is 0 Å².